The molecule has 0 aliphatic carbocycles. The predicted octanol–water partition coefficient (Wildman–Crippen LogP) is 2.50. The van der Waals surface area contributed by atoms with Crippen LogP contribution in [0.3, 0.4) is 0 Å². The van der Waals surface area contributed by atoms with Crippen molar-refractivity contribution in [2.24, 2.45) is 0 Å². The van der Waals surface area contributed by atoms with Gasteiger partial charge in [0.2, 0.25) is 0 Å². The SMILES string of the molecule is CC(C)OC(O[SiH3])(OC(C)C)c1cc(F)c(F)c(F)c1F. The van der Waals surface area contributed by atoms with Crippen molar-refractivity contribution >= 4 is 10.5 Å². The molecule has 1 aromatic carbocycles. The van der Waals surface area contributed by atoms with E-state index in [4.69, 9.17) is 13.9 Å². The lowest BCUT2D eigenvalue weighted by atomic mass is 10.1. The second kappa shape index (κ2) is 6.86. The van der Waals surface area contributed by atoms with Crippen molar-refractivity contribution in [1.82, 2.24) is 0 Å². The molecule has 0 saturated heterocycles. The van der Waals surface area contributed by atoms with Crippen LogP contribution >= 0.6 is 0 Å². The van der Waals surface area contributed by atoms with Crippen molar-refractivity contribution in [2.75, 3.05) is 0 Å². The summed E-state index contributed by atoms with van der Waals surface area (Å²) in [5.41, 5.74) is -0.670. The van der Waals surface area contributed by atoms with Crippen molar-refractivity contribution < 1.29 is 31.5 Å². The van der Waals surface area contributed by atoms with E-state index in [9.17, 15) is 17.6 Å². The first-order valence-corrected chi connectivity index (χ1v) is 7.20. The number of hydrogen-bond donors (Lipinski definition) is 0. The highest BCUT2D eigenvalue weighted by molar-refractivity contribution is 5.98. The van der Waals surface area contributed by atoms with E-state index >= 15 is 0 Å². The van der Waals surface area contributed by atoms with Gasteiger partial charge in [0, 0.05) is 0 Å². The predicted molar refractivity (Wildman–Crippen MR) is 71.4 cm³/mol. The second-order valence-electron chi connectivity index (χ2n) is 4.94. The van der Waals surface area contributed by atoms with E-state index in [1.807, 2.05) is 0 Å². The standard InChI is InChI=1S/C13H18F4O3Si/c1-6(2)18-13(20-21,19-7(3)4)8-5-9(14)11(16)12(17)10(8)15/h5-7H,1-4,21H3. The van der Waals surface area contributed by atoms with Gasteiger partial charge in [-0.2, -0.15) is 0 Å². The third kappa shape index (κ3) is 3.82. The molecule has 120 valence electrons. The van der Waals surface area contributed by atoms with E-state index in [-0.39, 0.29) is 10.5 Å². The maximum atomic E-state index is 14.0. The van der Waals surface area contributed by atoms with Gasteiger partial charge in [0.1, 0.15) is 0 Å². The molecule has 0 aliphatic rings. The zero-order valence-electron chi connectivity index (χ0n) is 12.5. The highest BCUT2D eigenvalue weighted by Gasteiger charge is 2.41. The van der Waals surface area contributed by atoms with Gasteiger partial charge in [-0.1, -0.05) is 0 Å². The molecule has 3 nitrogen and oxygen atoms in total. The summed E-state index contributed by atoms with van der Waals surface area (Å²) in [6.07, 6.45) is -0.985. The molecule has 0 unspecified atom stereocenters. The largest absolute Gasteiger partial charge is 0.376 e. The van der Waals surface area contributed by atoms with Gasteiger partial charge in [0.05, 0.1) is 17.8 Å². The van der Waals surface area contributed by atoms with Crippen LogP contribution in [0.25, 0.3) is 0 Å². The van der Waals surface area contributed by atoms with Crippen molar-refractivity contribution in [1.29, 1.82) is 0 Å². The number of halogens is 4. The molecule has 0 spiro atoms. The lowest BCUT2D eigenvalue weighted by Crippen LogP contribution is -2.41. The summed E-state index contributed by atoms with van der Waals surface area (Å²) in [4.78, 5) is 0. The Hall–Kier alpha value is -0.963. The molecule has 0 atom stereocenters. The van der Waals surface area contributed by atoms with E-state index in [1.165, 1.54) is 0 Å². The van der Waals surface area contributed by atoms with E-state index in [0.29, 0.717) is 6.07 Å². The molecule has 0 radical (unpaired) electrons. The maximum absolute atomic E-state index is 14.0. The van der Waals surface area contributed by atoms with Crippen molar-refractivity contribution in [3.8, 4) is 0 Å². The smallest absolute Gasteiger partial charge is 0.305 e. The molecular weight excluding hydrogens is 308 g/mol. The summed E-state index contributed by atoms with van der Waals surface area (Å²) in [5.74, 6) is -9.10. The third-order valence-electron chi connectivity index (χ3n) is 2.48. The minimum atomic E-state index is -2.12. The van der Waals surface area contributed by atoms with Crippen molar-refractivity contribution in [3.05, 3.63) is 34.9 Å². The molecule has 0 amide bonds. The Bertz CT molecular complexity index is 499. The van der Waals surface area contributed by atoms with E-state index in [1.54, 1.807) is 27.7 Å². The lowest BCUT2D eigenvalue weighted by Gasteiger charge is -2.36. The molecule has 0 N–H and O–H groups in total. The summed E-state index contributed by atoms with van der Waals surface area (Å²) in [7, 11) is 0.0284. The van der Waals surface area contributed by atoms with E-state index < -0.39 is 47.0 Å². The first kappa shape index (κ1) is 18.1. The lowest BCUT2D eigenvalue weighted by molar-refractivity contribution is -0.379. The quantitative estimate of drug-likeness (QED) is 0.264. The van der Waals surface area contributed by atoms with Crippen LogP contribution in [-0.4, -0.2) is 22.7 Å². The molecule has 0 fully saturated rings. The molecule has 0 heterocycles. The Kier molecular flexibility index (Phi) is 5.91. The highest BCUT2D eigenvalue weighted by atomic mass is 28.2. The second-order valence-corrected chi connectivity index (χ2v) is 5.35. The Morgan fingerprint density at radius 2 is 1.38 bits per heavy atom. The Labute approximate surface area is 123 Å². The van der Waals surface area contributed by atoms with Gasteiger partial charge in [0.25, 0.3) is 0 Å². The summed E-state index contributed by atoms with van der Waals surface area (Å²) >= 11 is 0. The van der Waals surface area contributed by atoms with Crippen LogP contribution in [0, 0.1) is 23.3 Å². The minimum absolute atomic E-state index is 0.0284. The van der Waals surface area contributed by atoms with Gasteiger partial charge in [-0.15, -0.1) is 0 Å². The molecular formula is C13H18F4O3Si. The molecule has 8 heteroatoms. The monoisotopic (exact) mass is 326 g/mol. The third-order valence-corrected chi connectivity index (χ3v) is 3.02. The Morgan fingerprint density at radius 3 is 1.76 bits per heavy atom. The average molecular weight is 326 g/mol. The first-order valence-electron chi connectivity index (χ1n) is 6.38. The van der Waals surface area contributed by atoms with Crippen molar-refractivity contribution in [3.63, 3.8) is 0 Å². The molecule has 1 rings (SSSR count). The number of ether oxygens (including phenoxy) is 2. The van der Waals surface area contributed by atoms with Crippen LogP contribution in [0.2, 0.25) is 0 Å². The van der Waals surface area contributed by atoms with Crippen LogP contribution in [0.1, 0.15) is 33.3 Å². The van der Waals surface area contributed by atoms with Gasteiger partial charge in [-0.3, -0.25) is 0 Å². The van der Waals surface area contributed by atoms with Crippen LogP contribution in [0.4, 0.5) is 17.6 Å². The van der Waals surface area contributed by atoms with Crippen LogP contribution in [0.5, 0.6) is 0 Å². The fourth-order valence-corrected chi connectivity index (χ4v) is 2.19. The van der Waals surface area contributed by atoms with Gasteiger partial charge >= 0.3 is 5.97 Å². The molecule has 0 saturated carbocycles. The van der Waals surface area contributed by atoms with Gasteiger partial charge in [0.15, 0.2) is 33.8 Å². The number of rotatable bonds is 6. The summed E-state index contributed by atoms with van der Waals surface area (Å²) in [6.45, 7) is 6.47. The van der Waals surface area contributed by atoms with Crippen LogP contribution in [0.15, 0.2) is 6.07 Å². The van der Waals surface area contributed by atoms with Crippen LogP contribution < -0.4 is 0 Å². The first-order chi connectivity index (χ1) is 9.64. The average Bonchev–Trinajstić information content (AvgIpc) is 2.38. The fourth-order valence-electron chi connectivity index (χ4n) is 1.78. The summed E-state index contributed by atoms with van der Waals surface area (Å²) in [6, 6.07) is 0.483. The Morgan fingerprint density at radius 1 is 0.905 bits per heavy atom. The zero-order valence-corrected chi connectivity index (χ0v) is 14.5. The molecule has 21 heavy (non-hydrogen) atoms. The fraction of sp³-hybridized carbons (Fsp3) is 0.538. The van der Waals surface area contributed by atoms with Gasteiger partial charge in [-0.05, 0) is 33.8 Å². The zero-order chi connectivity index (χ0) is 16.4. The summed E-state index contributed by atoms with van der Waals surface area (Å²) < 4.78 is 70.0. The van der Waals surface area contributed by atoms with Crippen molar-refractivity contribution in [2.45, 2.75) is 45.9 Å². The van der Waals surface area contributed by atoms with Gasteiger partial charge < -0.3 is 13.9 Å². The summed E-state index contributed by atoms with van der Waals surface area (Å²) in [5, 5.41) is 0. The molecule has 0 bridgehead atoms. The molecule has 0 aromatic heterocycles. The molecule has 0 aliphatic heterocycles. The normalized spacial score (nSPS) is 12.7. The Balaban J connectivity index is 3.51. The minimum Gasteiger partial charge on any atom is -0.376 e. The van der Waals surface area contributed by atoms with E-state index in [0.717, 1.165) is 0 Å². The van der Waals surface area contributed by atoms with Gasteiger partial charge in [-0.25, -0.2) is 17.6 Å². The molecule has 1 aromatic rings. The van der Waals surface area contributed by atoms with Crippen LogP contribution in [-0.2, 0) is 19.9 Å². The maximum Gasteiger partial charge on any atom is 0.305 e. The van der Waals surface area contributed by atoms with E-state index in [2.05, 4.69) is 0 Å². The number of benzene rings is 1. The number of hydrogen-bond acceptors (Lipinski definition) is 3. The highest BCUT2D eigenvalue weighted by Crippen LogP contribution is 2.35. The topological polar surface area (TPSA) is 27.7 Å².